The van der Waals surface area contributed by atoms with Crippen molar-refractivity contribution in [3.63, 3.8) is 0 Å². The Labute approximate surface area is 202 Å². The lowest BCUT2D eigenvalue weighted by Gasteiger charge is -2.33. The minimum Gasteiger partial charge on any atom is -0.386 e. The van der Waals surface area contributed by atoms with Crippen LogP contribution < -0.4 is 15.5 Å². The fraction of sp³-hybridized carbons (Fsp3) is 0.414. The summed E-state index contributed by atoms with van der Waals surface area (Å²) >= 11 is 0. The van der Waals surface area contributed by atoms with Gasteiger partial charge in [0.05, 0.1) is 17.8 Å². The highest BCUT2D eigenvalue weighted by atomic mass is 19.1. The number of piperidine rings is 1. The highest BCUT2D eigenvalue weighted by Gasteiger charge is 2.51. The molecule has 1 aromatic heterocycles. The number of halogens is 1. The quantitative estimate of drug-likeness (QED) is 0.474. The normalized spacial score (nSPS) is 22.1. The van der Waals surface area contributed by atoms with Crippen molar-refractivity contribution in [1.29, 1.82) is 0 Å². The van der Waals surface area contributed by atoms with Crippen LogP contribution in [0.2, 0.25) is 0 Å². The van der Waals surface area contributed by atoms with Crippen molar-refractivity contribution in [3.8, 4) is 11.3 Å². The number of aryl methyl sites for hydroxylation is 2. The van der Waals surface area contributed by atoms with E-state index in [1.165, 1.54) is 11.1 Å². The number of rotatable bonds is 7. The second-order valence-electron chi connectivity index (χ2n) is 9.77. The van der Waals surface area contributed by atoms with Crippen LogP contribution in [0, 0.1) is 5.92 Å². The molecular weight excluding hydrogens is 423 g/mol. The summed E-state index contributed by atoms with van der Waals surface area (Å²) in [5.41, 5.74) is 5.83. The molecule has 5 rings (SSSR count). The lowest BCUT2D eigenvalue weighted by Crippen LogP contribution is -2.46. The molecule has 3 aromatic rings. The number of hydrogen-bond donors (Lipinski definition) is 2. The van der Waals surface area contributed by atoms with Crippen LogP contribution in [0.5, 0.6) is 0 Å². The molecule has 0 saturated carbocycles. The molecule has 0 bridgehead atoms. The van der Waals surface area contributed by atoms with E-state index in [-0.39, 0.29) is 5.92 Å². The Bertz CT molecular complexity index is 1190. The number of pyridine rings is 1. The van der Waals surface area contributed by atoms with E-state index in [0.29, 0.717) is 18.8 Å². The number of nitrogens with one attached hydrogen (secondary N) is 2. The van der Waals surface area contributed by atoms with E-state index < -0.39 is 5.67 Å². The smallest absolute Gasteiger partial charge is 0.171 e. The highest BCUT2D eigenvalue weighted by molar-refractivity contribution is 5.95. The Morgan fingerprint density at radius 1 is 1.18 bits per heavy atom. The van der Waals surface area contributed by atoms with Crippen LogP contribution >= 0.6 is 0 Å². The van der Waals surface area contributed by atoms with Crippen molar-refractivity contribution in [2.75, 3.05) is 38.1 Å². The molecule has 0 aliphatic carbocycles. The van der Waals surface area contributed by atoms with E-state index in [0.717, 1.165) is 66.6 Å². The summed E-state index contributed by atoms with van der Waals surface area (Å²) in [6, 6.07) is 17.4. The fourth-order valence-corrected chi connectivity index (χ4v) is 5.47. The molecule has 0 radical (unpaired) electrons. The molecular formula is C29H35FN4. The van der Waals surface area contributed by atoms with Crippen molar-refractivity contribution in [3.05, 3.63) is 71.9 Å². The van der Waals surface area contributed by atoms with Crippen LogP contribution in [0.4, 0.5) is 10.1 Å². The lowest BCUT2D eigenvalue weighted by molar-refractivity contribution is 0.137. The second-order valence-corrected chi connectivity index (χ2v) is 9.77. The average Bonchev–Trinajstić information content (AvgIpc) is 3.22. The lowest BCUT2D eigenvalue weighted by atomic mass is 9.84. The average molecular weight is 459 g/mol. The van der Waals surface area contributed by atoms with Gasteiger partial charge in [0.1, 0.15) is 0 Å². The van der Waals surface area contributed by atoms with Crippen LogP contribution in [-0.4, -0.2) is 43.9 Å². The molecule has 2 N–H and O–H groups in total. The molecule has 3 heterocycles. The summed E-state index contributed by atoms with van der Waals surface area (Å²) in [4.78, 5) is 7.27. The van der Waals surface area contributed by atoms with Crippen LogP contribution in [0.1, 0.15) is 30.9 Å². The molecule has 2 atom stereocenters. The fourth-order valence-electron chi connectivity index (χ4n) is 5.47. The Morgan fingerprint density at radius 2 is 1.97 bits per heavy atom. The van der Waals surface area contributed by atoms with Gasteiger partial charge in [-0.1, -0.05) is 49.9 Å². The molecule has 178 valence electrons. The van der Waals surface area contributed by atoms with Crippen molar-refractivity contribution in [1.82, 2.24) is 15.6 Å². The van der Waals surface area contributed by atoms with Crippen LogP contribution in [0.3, 0.4) is 0 Å². The zero-order valence-corrected chi connectivity index (χ0v) is 20.3. The molecule has 0 amide bonds. The summed E-state index contributed by atoms with van der Waals surface area (Å²) in [5.74, 6) is -0.0280. The summed E-state index contributed by atoms with van der Waals surface area (Å²) in [6.07, 6.45) is 3.97. The van der Waals surface area contributed by atoms with Gasteiger partial charge in [0.15, 0.2) is 5.67 Å². The van der Waals surface area contributed by atoms with Crippen LogP contribution in [0.25, 0.3) is 22.2 Å². The Kier molecular flexibility index (Phi) is 6.30. The Balaban J connectivity index is 1.53. The zero-order valence-electron chi connectivity index (χ0n) is 20.3. The summed E-state index contributed by atoms with van der Waals surface area (Å²) in [6.45, 7) is 9.03. The molecule has 2 aliphatic rings. The van der Waals surface area contributed by atoms with Gasteiger partial charge in [0, 0.05) is 41.3 Å². The second kappa shape index (κ2) is 9.38. The first kappa shape index (κ1) is 22.9. The summed E-state index contributed by atoms with van der Waals surface area (Å²) < 4.78 is 16.0. The van der Waals surface area contributed by atoms with Gasteiger partial charge in [-0.15, -0.1) is 0 Å². The number of alkyl halides is 1. The molecule has 4 nitrogen and oxygen atoms in total. The Morgan fingerprint density at radius 3 is 2.71 bits per heavy atom. The first-order valence-electron chi connectivity index (χ1n) is 12.6. The summed E-state index contributed by atoms with van der Waals surface area (Å²) in [5, 5.41) is 7.46. The van der Waals surface area contributed by atoms with E-state index in [9.17, 15) is 0 Å². The van der Waals surface area contributed by atoms with Gasteiger partial charge in [-0.25, -0.2) is 9.37 Å². The van der Waals surface area contributed by atoms with Crippen LogP contribution in [-0.2, 0) is 12.8 Å². The van der Waals surface area contributed by atoms with Crippen LogP contribution in [0.15, 0.2) is 60.8 Å². The molecule has 0 spiro atoms. The number of aromatic nitrogens is 1. The van der Waals surface area contributed by atoms with Crippen molar-refractivity contribution >= 4 is 16.6 Å². The van der Waals surface area contributed by atoms with Gasteiger partial charge in [-0.3, -0.25) is 0 Å². The molecule has 2 aliphatic heterocycles. The monoisotopic (exact) mass is 458 g/mol. The van der Waals surface area contributed by atoms with Crippen molar-refractivity contribution < 1.29 is 4.39 Å². The number of nitrogens with zero attached hydrogens (tertiary/aromatic N) is 2. The maximum Gasteiger partial charge on any atom is 0.171 e. The molecule has 5 heteroatoms. The van der Waals surface area contributed by atoms with E-state index in [1.54, 1.807) is 0 Å². The highest BCUT2D eigenvalue weighted by Crippen LogP contribution is 2.44. The number of hydrogen-bond acceptors (Lipinski definition) is 4. The molecule has 2 aromatic carbocycles. The van der Waals surface area contributed by atoms with E-state index >= 15 is 4.39 Å². The topological polar surface area (TPSA) is 40.2 Å². The van der Waals surface area contributed by atoms with Gasteiger partial charge in [0.25, 0.3) is 0 Å². The predicted molar refractivity (Wildman–Crippen MR) is 140 cm³/mol. The molecule has 34 heavy (non-hydrogen) atoms. The maximum absolute atomic E-state index is 16.0. The summed E-state index contributed by atoms with van der Waals surface area (Å²) in [7, 11) is 1.99. The van der Waals surface area contributed by atoms with Gasteiger partial charge >= 0.3 is 0 Å². The van der Waals surface area contributed by atoms with E-state index in [4.69, 9.17) is 4.98 Å². The van der Waals surface area contributed by atoms with E-state index in [2.05, 4.69) is 77.6 Å². The SMILES string of the molecule is C=C1NCCC2CN(c3cc(-c4ccc(CCCNC)cc4)nc4cc(CC)ccc34)CC12F. The number of anilines is 1. The molecule has 2 fully saturated rings. The minimum absolute atomic E-state index is 0.0280. The Hall–Kier alpha value is -2.92. The van der Waals surface area contributed by atoms with E-state index in [1.807, 2.05) is 7.05 Å². The largest absolute Gasteiger partial charge is 0.386 e. The number of fused-ring (bicyclic) bond motifs is 2. The van der Waals surface area contributed by atoms with Gasteiger partial charge in [0.2, 0.25) is 0 Å². The third kappa shape index (κ3) is 4.18. The maximum atomic E-state index is 16.0. The first-order valence-corrected chi connectivity index (χ1v) is 12.6. The van der Waals surface area contributed by atoms with Gasteiger partial charge in [-0.05, 0) is 62.5 Å². The number of benzene rings is 2. The third-order valence-corrected chi connectivity index (χ3v) is 7.59. The van der Waals surface area contributed by atoms with Gasteiger partial charge in [-0.2, -0.15) is 0 Å². The predicted octanol–water partition coefficient (Wildman–Crippen LogP) is 5.27. The molecule has 2 unspecified atom stereocenters. The van der Waals surface area contributed by atoms with Crippen molar-refractivity contribution in [2.45, 2.75) is 38.3 Å². The minimum atomic E-state index is -1.38. The standard InChI is InChI=1S/C29H35FN4/c1-4-21-9-12-25-27(16-21)33-26(23-10-7-22(8-11-23)6-5-14-31-3)17-28(25)34-18-24-13-15-32-20(2)29(24,30)19-34/h7-12,16-17,24,31-32H,2,4-6,13-15,18-19H2,1,3H3. The van der Waals surface area contributed by atoms with Crippen molar-refractivity contribution in [2.24, 2.45) is 5.92 Å². The zero-order chi connectivity index (χ0) is 23.7. The van der Waals surface area contributed by atoms with Gasteiger partial charge < -0.3 is 15.5 Å². The molecule has 2 saturated heterocycles. The first-order chi connectivity index (χ1) is 16.5. The third-order valence-electron chi connectivity index (χ3n) is 7.59.